The van der Waals surface area contributed by atoms with Gasteiger partial charge in [0.25, 0.3) is 5.92 Å². The van der Waals surface area contributed by atoms with Gasteiger partial charge in [-0.25, -0.2) is 13.2 Å². The third kappa shape index (κ3) is 4.34. The summed E-state index contributed by atoms with van der Waals surface area (Å²) in [4.78, 5) is 0. The number of hydrogen-bond donors (Lipinski definition) is 0. The number of alkyl halides is 3. The zero-order chi connectivity index (χ0) is 11.4. The van der Waals surface area contributed by atoms with Crippen molar-refractivity contribution in [3.8, 4) is 0 Å². The Kier molecular flexibility index (Phi) is 5.53. The van der Waals surface area contributed by atoms with Crippen LogP contribution in [0.25, 0.3) is 0 Å². The van der Waals surface area contributed by atoms with Crippen LogP contribution in [0.2, 0.25) is 0 Å². The summed E-state index contributed by atoms with van der Waals surface area (Å²) in [5.74, 6) is -4.31. The van der Waals surface area contributed by atoms with Crippen molar-refractivity contribution in [2.45, 2.75) is 59.1 Å². The van der Waals surface area contributed by atoms with Crippen molar-refractivity contribution in [1.82, 2.24) is 0 Å². The summed E-state index contributed by atoms with van der Waals surface area (Å²) in [6.07, 6.45) is 1.09. The fourth-order valence-corrected chi connectivity index (χ4v) is 2.06. The van der Waals surface area contributed by atoms with Crippen molar-refractivity contribution in [2.75, 3.05) is 0 Å². The monoisotopic (exact) mass is 210 g/mol. The smallest absolute Gasteiger partial charge is 0.247 e. The highest BCUT2D eigenvalue weighted by molar-refractivity contribution is 4.81. The molecule has 86 valence electrons. The third-order valence-corrected chi connectivity index (χ3v) is 2.71. The lowest BCUT2D eigenvalue weighted by atomic mass is 9.82. The van der Waals surface area contributed by atoms with Crippen LogP contribution < -0.4 is 0 Å². The van der Waals surface area contributed by atoms with E-state index >= 15 is 0 Å². The van der Waals surface area contributed by atoms with Crippen LogP contribution in [0.1, 0.15) is 47.0 Å². The Morgan fingerprint density at radius 3 is 2.00 bits per heavy atom. The number of unbranched alkanes of at least 4 members (excludes halogenated alkanes) is 1. The molecule has 0 saturated carbocycles. The third-order valence-electron chi connectivity index (χ3n) is 2.71. The molecule has 14 heavy (non-hydrogen) atoms. The molecule has 0 bridgehead atoms. The Labute approximate surface area is 84.9 Å². The summed E-state index contributed by atoms with van der Waals surface area (Å²) in [5, 5.41) is 0. The van der Waals surface area contributed by atoms with E-state index in [0.29, 0.717) is 6.42 Å². The average Bonchev–Trinajstić information content (AvgIpc) is 1.97. The van der Waals surface area contributed by atoms with Gasteiger partial charge in [-0.2, -0.15) is 0 Å². The maximum Gasteiger partial charge on any atom is 0.251 e. The van der Waals surface area contributed by atoms with Crippen molar-refractivity contribution >= 4 is 0 Å². The normalized spacial score (nSPS) is 19.1. The molecule has 0 aromatic carbocycles. The van der Waals surface area contributed by atoms with Gasteiger partial charge in [0.2, 0.25) is 0 Å². The highest BCUT2D eigenvalue weighted by Crippen LogP contribution is 2.36. The van der Waals surface area contributed by atoms with Gasteiger partial charge in [0, 0.05) is 0 Å². The SMILES string of the molecule is CCCCC(C)C(C(C)F)C(C)(F)F. The zero-order valence-electron chi connectivity index (χ0n) is 9.49. The van der Waals surface area contributed by atoms with Gasteiger partial charge in [-0.1, -0.05) is 33.1 Å². The van der Waals surface area contributed by atoms with Crippen LogP contribution in [0.4, 0.5) is 13.2 Å². The molecule has 0 aliphatic rings. The fraction of sp³-hybridized carbons (Fsp3) is 1.00. The topological polar surface area (TPSA) is 0 Å². The first-order chi connectivity index (χ1) is 6.30. The molecule has 0 fully saturated rings. The second-order valence-electron chi connectivity index (χ2n) is 4.28. The second-order valence-corrected chi connectivity index (χ2v) is 4.28. The molecule has 0 heterocycles. The van der Waals surface area contributed by atoms with Crippen molar-refractivity contribution in [3.63, 3.8) is 0 Å². The highest BCUT2D eigenvalue weighted by atomic mass is 19.3. The molecule has 0 radical (unpaired) electrons. The fourth-order valence-electron chi connectivity index (χ4n) is 2.06. The van der Waals surface area contributed by atoms with E-state index < -0.39 is 18.0 Å². The van der Waals surface area contributed by atoms with Crippen molar-refractivity contribution in [2.24, 2.45) is 11.8 Å². The average molecular weight is 210 g/mol. The van der Waals surface area contributed by atoms with E-state index in [2.05, 4.69) is 0 Å². The van der Waals surface area contributed by atoms with Crippen LogP contribution in [0.15, 0.2) is 0 Å². The molecule has 3 heteroatoms. The Bertz CT molecular complexity index is 149. The molecule has 0 aliphatic carbocycles. The lowest BCUT2D eigenvalue weighted by molar-refractivity contribution is -0.0892. The lowest BCUT2D eigenvalue weighted by Gasteiger charge is -2.30. The van der Waals surface area contributed by atoms with Gasteiger partial charge in [0.05, 0.1) is 5.92 Å². The summed E-state index contributed by atoms with van der Waals surface area (Å²) in [5.41, 5.74) is 0. The van der Waals surface area contributed by atoms with E-state index in [0.717, 1.165) is 19.8 Å². The molecule has 0 spiro atoms. The van der Waals surface area contributed by atoms with Crippen LogP contribution in [0.5, 0.6) is 0 Å². The van der Waals surface area contributed by atoms with E-state index in [4.69, 9.17) is 0 Å². The molecule has 0 aliphatic heterocycles. The molecule has 0 saturated heterocycles. The first-order valence-electron chi connectivity index (χ1n) is 5.32. The summed E-state index contributed by atoms with van der Waals surface area (Å²) in [6, 6.07) is 0. The van der Waals surface area contributed by atoms with Gasteiger partial charge in [-0.05, 0) is 19.8 Å². The predicted octanol–water partition coefficient (Wildman–Crippen LogP) is 4.44. The van der Waals surface area contributed by atoms with E-state index in [-0.39, 0.29) is 5.92 Å². The van der Waals surface area contributed by atoms with Gasteiger partial charge in [0.1, 0.15) is 6.17 Å². The quantitative estimate of drug-likeness (QED) is 0.608. The first kappa shape index (κ1) is 13.8. The molecule has 3 atom stereocenters. The van der Waals surface area contributed by atoms with E-state index in [1.54, 1.807) is 6.92 Å². The van der Waals surface area contributed by atoms with Crippen LogP contribution in [-0.2, 0) is 0 Å². The molecule has 0 aromatic rings. The Hall–Kier alpha value is -0.210. The summed E-state index contributed by atoms with van der Waals surface area (Å²) >= 11 is 0. The van der Waals surface area contributed by atoms with Gasteiger partial charge in [-0.3, -0.25) is 0 Å². The molecular formula is C11H21F3. The highest BCUT2D eigenvalue weighted by Gasteiger charge is 2.41. The molecule has 0 N–H and O–H groups in total. The van der Waals surface area contributed by atoms with E-state index in [1.165, 1.54) is 6.92 Å². The van der Waals surface area contributed by atoms with Crippen LogP contribution in [0.3, 0.4) is 0 Å². The second kappa shape index (κ2) is 5.62. The molecule has 3 unspecified atom stereocenters. The van der Waals surface area contributed by atoms with E-state index in [1.807, 2.05) is 6.92 Å². The maximum atomic E-state index is 13.1. The standard InChI is InChI=1S/C11H21F3/c1-5-6-7-8(2)10(9(3)12)11(4,13)14/h8-10H,5-7H2,1-4H3. The first-order valence-corrected chi connectivity index (χ1v) is 5.32. The predicted molar refractivity (Wildman–Crippen MR) is 53.4 cm³/mol. The maximum absolute atomic E-state index is 13.1. The summed E-state index contributed by atoms with van der Waals surface area (Å²) < 4.78 is 39.2. The van der Waals surface area contributed by atoms with E-state index in [9.17, 15) is 13.2 Å². The Morgan fingerprint density at radius 1 is 1.21 bits per heavy atom. The number of hydrogen-bond acceptors (Lipinski definition) is 0. The molecule has 0 nitrogen and oxygen atoms in total. The molecule has 0 amide bonds. The van der Waals surface area contributed by atoms with Crippen LogP contribution >= 0.6 is 0 Å². The minimum absolute atomic E-state index is 0.255. The van der Waals surface area contributed by atoms with Gasteiger partial charge < -0.3 is 0 Å². The number of halogens is 3. The zero-order valence-corrected chi connectivity index (χ0v) is 9.49. The van der Waals surface area contributed by atoms with Gasteiger partial charge in [0.15, 0.2) is 0 Å². The van der Waals surface area contributed by atoms with Crippen molar-refractivity contribution in [3.05, 3.63) is 0 Å². The lowest BCUT2D eigenvalue weighted by Crippen LogP contribution is -2.36. The largest absolute Gasteiger partial charge is 0.251 e. The molecular weight excluding hydrogens is 189 g/mol. The summed E-state index contributed by atoms with van der Waals surface area (Å²) in [6.45, 7) is 5.76. The van der Waals surface area contributed by atoms with Crippen molar-refractivity contribution in [1.29, 1.82) is 0 Å². The molecule has 0 rings (SSSR count). The van der Waals surface area contributed by atoms with Crippen LogP contribution in [-0.4, -0.2) is 12.1 Å². The Morgan fingerprint density at radius 2 is 1.71 bits per heavy atom. The van der Waals surface area contributed by atoms with Gasteiger partial charge in [-0.15, -0.1) is 0 Å². The minimum Gasteiger partial charge on any atom is -0.247 e. The van der Waals surface area contributed by atoms with Gasteiger partial charge >= 0.3 is 0 Å². The minimum atomic E-state index is -2.92. The summed E-state index contributed by atoms with van der Waals surface area (Å²) in [7, 11) is 0. The Balaban J connectivity index is 4.34. The molecule has 0 aromatic heterocycles. The van der Waals surface area contributed by atoms with Crippen molar-refractivity contribution < 1.29 is 13.2 Å². The van der Waals surface area contributed by atoms with Crippen LogP contribution in [0, 0.1) is 11.8 Å². The number of rotatable bonds is 6.